The van der Waals surface area contributed by atoms with Gasteiger partial charge in [0.25, 0.3) is 0 Å². The van der Waals surface area contributed by atoms with Crippen molar-refractivity contribution in [2.45, 2.75) is 40.7 Å². The Balaban J connectivity index is 0.000000320. The molecule has 0 N–H and O–H groups in total. The molecule has 28 heavy (non-hydrogen) atoms. The van der Waals surface area contributed by atoms with Gasteiger partial charge in [0.1, 0.15) is 5.75 Å². The number of hydrogen-bond donors (Lipinski definition) is 0. The minimum absolute atomic E-state index is 0.582. The number of aryl methyl sites for hydroxylation is 1. The minimum atomic E-state index is 0.582. The van der Waals surface area contributed by atoms with E-state index in [9.17, 15) is 0 Å². The van der Waals surface area contributed by atoms with Gasteiger partial charge in [-0.25, -0.2) is 0 Å². The molecule has 0 aliphatic carbocycles. The van der Waals surface area contributed by atoms with Crippen molar-refractivity contribution >= 4 is 21.8 Å². The summed E-state index contributed by atoms with van der Waals surface area (Å²) < 4.78 is 8.22. The third-order valence-electron chi connectivity index (χ3n) is 4.61. The molecule has 2 aromatic carbocycles. The molecule has 2 heterocycles. The zero-order valence-corrected chi connectivity index (χ0v) is 17.4. The van der Waals surface area contributed by atoms with Crippen molar-refractivity contribution in [3.63, 3.8) is 0 Å². The van der Waals surface area contributed by atoms with Gasteiger partial charge in [-0.05, 0) is 37.5 Å². The Morgan fingerprint density at radius 3 is 2.25 bits per heavy atom. The smallest absolute Gasteiger partial charge is 0.121 e. The molecule has 4 rings (SSSR count). The molecular formula is C25H30N2O. The van der Waals surface area contributed by atoms with Gasteiger partial charge in [0.15, 0.2) is 0 Å². The molecule has 2 aromatic heterocycles. The van der Waals surface area contributed by atoms with E-state index in [1.807, 2.05) is 42.6 Å². The van der Waals surface area contributed by atoms with Crippen molar-refractivity contribution in [3.8, 4) is 5.75 Å². The Morgan fingerprint density at radius 1 is 0.964 bits per heavy atom. The highest BCUT2D eigenvalue weighted by Gasteiger charge is 2.14. The van der Waals surface area contributed by atoms with Crippen LogP contribution < -0.4 is 4.74 Å². The highest BCUT2D eigenvalue weighted by molar-refractivity contribution is 6.09. The van der Waals surface area contributed by atoms with Crippen LogP contribution in [0.15, 0.2) is 66.9 Å². The number of rotatable bonds is 5. The van der Waals surface area contributed by atoms with Crippen LogP contribution in [0.4, 0.5) is 0 Å². The van der Waals surface area contributed by atoms with E-state index in [0.29, 0.717) is 5.92 Å². The normalized spacial score (nSPS) is 10.9. The fraction of sp³-hybridized carbons (Fsp3) is 0.320. The van der Waals surface area contributed by atoms with E-state index in [1.165, 1.54) is 21.8 Å². The largest absolute Gasteiger partial charge is 0.494 e. The van der Waals surface area contributed by atoms with Crippen molar-refractivity contribution in [3.05, 3.63) is 72.6 Å². The molecule has 0 fully saturated rings. The van der Waals surface area contributed by atoms with Gasteiger partial charge in [0.05, 0.1) is 23.3 Å². The zero-order chi connectivity index (χ0) is 19.9. The van der Waals surface area contributed by atoms with Crippen LogP contribution in [-0.2, 0) is 6.54 Å². The van der Waals surface area contributed by atoms with Crippen LogP contribution in [0.5, 0.6) is 5.75 Å². The molecule has 0 aliphatic heterocycles. The van der Waals surface area contributed by atoms with Crippen molar-refractivity contribution in [2.75, 3.05) is 6.61 Å². The molecule has 0 bridgehead atoms. The van der Waals surface area contributed by atoms with Crippen LogP contribution in [0, 0.1) is 12.8 Å². The lowest BCUT2D eigenvalue weighted by Gasteiger charge is -2.12. The summed E-state index contributed by atoms with van der Waals surface area (Å²) in [5.74, 6) is 1.53. The van der Waals surface area contributed by atoms with E-state index >= 15 is 0 Å². The Morgan fingerprint density at radius 2 is 1.64 bits per heavy atom. The summed E-state index contributed by atoms with van der Waals surface area (Å²) >= 11 is 0. The molecule has 0 saturated heterocycles. The predicted octanol–water partition coefficient (Wildman–Crippen LogP) is 6.63. The summed E-state index contributed by atoms with van der Waals surface area (Å²) in [6.07, 6.45) is 2.92. The Labute approximate surface area is 168 Å². The molecule has 3 nitrogen and oxygen atoms in total. The van der Waals surface area contributed by atoms with Gasteiger partial charge < -0.3 is 9.30 Å². The number of ether oxygens (including phenoxy) is 1. The quantitative estimate of drug-likeness (QED) is 0.392. The third-order valence-corrected chi connectivity index (χ3v) is 4.61. The van der Waals surface area contributed by atoms with Gasteiger partial charge in [-0.2, -0.15) is 0 Å². The number of aromatic nitrogens is 2. The van der Waals surface area contributed by atoms with E-state index < -0.39 is 0 Å². The van der Waals surface area contributed by atoms with Crippen molar-refractivity contribution in [1.29, 1.82) is 0 Å². The summed E-state index contributed by atoms with van der Waals surface area (Å²) in [6.45, 7) is 10.5. The summed E-state index contributed by atoms with van der Waals surface area (Å²) in [4.78, 5) is 4.49. The lowest BCUT2D eigenvalue weighted by atomic mass is 10.1. The fourth-order valence-electron chi connectivity index (χ4n) is 3.45. The Hall–Kier alpha value is -2.81. The monoisotopic (exact) mass is 374 g/mol. The number of benzene rings is 2. The standard InChI is InChI=1S/C19H24N2O.C6H6/c1-5-10-22-15-6-7-16-17-8-9-20-14(4)19(17)21(12-13(2)3)18(16)11-15;1-2-4-6-5-3-1/h6-9,11,13H,5,10,12H2,1-4H3;1-6H. The van der Waals surface area contributed by atoms with Crippen LogP contribution in [-0.4, -0.2) is 16.2 Å². The first kappa shape index (κ1) is 19.9. The number of hydrogen-bond acceptors (Lipinski definition) is 2. The summed E-state index contributed by atoms with van der Waals surface area (Å²) in [5, 5.41) is 2.56. The summed E-state index contributed by atoms with van der Waals surface area (Å²) in [5.41, 5.74) is 3.58. The number of fused-ring (bicyclic) bond motifs is 3. The van der Waals surface area contributed by atoms with Gasteiger partial charge in [0.2, 0.25) is 0 Å². The SMILES string of the molecule is CCCOc1ccc2c3ccnc(C)c3n(CC(C)C)c2c1.c1ccccc1. The summed E-state index contributed by atoms with van der Waals surface area (Å²) in [7, 11) is 0. The van der Waals surface area contributed by atoms with Crippen LogP contribution in [0.3, 0.4) is 0 Å². The topological polar surface area (TPSA) is 27.1 Å². The lowest BCUT2D eigenvalue weighted by molar-refractivity contribution is 0.317. The van der Waals surface area contributed by atoms with Crippen molar-refractivity contribution in [2.24, 2.45) is 5.92 Å². The van der Waals surface area contributed by atoms with Gasteiger partial charge in [-0.1, -0.05) is 57.2 Å². The second-order valence-corrected chi connectivity index (χ2v) is 7.48. The van der Waals surface area contributed by atoms with Gasteiger partial charge in [-0.15, -0.1) is 0 Å². The van der Waals surface area contributed by atoms with E-state index in [1.54, 1.807) is 0 Å². The Bertz CT molecular complexity index is 992. The van der Waals surface area contributed by atoms with E-state index in [0.717, 1.165) is 31.0 Å². The maximum Gasteiger partial charge on any atom is 0.121 e. The first-order valence-electron chi connectivity index (χ1n) is 10.1. The molecule has 0 saturated carbocycles. The highest BCUT2D eigenvalue weighted by atomic mass is 16.5. The first-order chi connectivity index (χ1) is 13.6. The molecule has 0 radical (unpaired) electrons. The minimum Gasteiger partial charge on any atom is -0.494 e. The molecule has 0 unspecified atom stereocenters. The molecular weight excluding hydrogens is 344 g/mol. The molecule has 0 atom stereocenters. The number of pyridine rings is 1. The number of nitrogens with zero attached hydrogens (tertiary/aromatic N) is 2. The first-order valence-corrected chi connectivity index (χ1v) is 10.1. The fourth-order valence-corrected chi connectivity index (χ4v) is 3.45. The van der Waals surface area contributed by atoms with Crippen molar-refractivity contribution in [1.82, 2.24) is 9.55 Å². The van der Waals surface area contributed by atoms with E-state index in [4.69, 9.17) is 4.74 Å². The molecule has 0 aliphatic rings. The molecule has 0 spiro atoms. The average Bonchev–Trinajstić information content (AvgIpc) is 3.02. The van der Waals surface area contributed by atoms with E-state index in [2.05, 4.69) is 61.5 Å². The van der Waals surface area contributed by atoms with Crippen LogP contribution in [0.25, 0.3) is 21.8 Å². The lowest BCUT2D eigenvalue weighted by Crippen LogP contribution is -2.05. The second kappa shape index (κ2) is 9.41. The molecule has 146 valence electrons. The molecule has 3 heteroatoms. The maximum absolute atomic E-state index is 5.82. The maximum atomic E-state index is 5.82. The zero-order valence-electron chi connectivity index (χ0n) is 17.4. The predicted molar refractivity (Wildman–Crippen MR) is 119 cm³/mol. The molecule has 4 aromatic rings. The van der Waals surface area contributed by atoms with Crippen molar-refractivity contribution < 1.29 is 4.74 Å². The van der Waals surface area contributed by atoms with Crippen LogP contribution in [0.2, 0.25) is 0 Å². The second-order valence-electron chi connectivity index (χ2n) is 7.48. The Kier molecular flexibility index (Phi) is 6.70. The van der Waals surface area contributed by atoms with Gasteiger partial charge in [0, 0.05) is 29.6 Å². The highest BCUT2D eigenvalue weighted by Crippen LogP contribution is 2.33. The summed E-state index contributed by atoms with van der Waals surface area (Å²) in [6, 6.07) is 20.5. The van der Waals surface area contributed by atoms with E-state index in [-0.39, 0.29) is 0 Å². The third kappa shape index (κ3) is 4.53. The van der Waals surface area contributed by atoms with Gasteiger partial charge >= 0.3 is 0 Å². The molecule has 0 amide bonds. The average molecular weight is 375 g/mol. The van der Waals surface area contributed by atoms with Gasteiger partial charge in [-0.3, -0.25) is 4.98 Å². The van der Waals surface area contributed by atoms with Crippen LogP contribution in [0.1, 0.15) is 32.9 Å². The van der Waals surface area contributed by atoms with Crippen LogP contribution >= 0.6 is 0 Å².